The van der Waals surface area contributed by atoms with Gasteiger partial charge in [-0.1, -0.05) is 0 Å². The average Bonchev–Trinajstić information content (AvgIpc) is 3.62. The molecule has 0 aromatic heterocycles. The molecular weight excluding hydrogens is 433 g/mol. The van der Waals surface area contributed by atoms with Gasteiger partial charge in [-0.15, -0.1) is 0 Å². The van der Waals surface area contributed by atoms with Crippen LogP contribution in [0.3, 0.4) is 0 Å². The van der Waals surface area contributed by atoms with Crippen LogP contribution in [0.5, 0.6) is 5.75 Å². The number of hydrogen-bond acceptors (Lipinski definition) is 6. The van der Waals surface area contributed by atoms with E-state index >= 15 is 0 Å². The summed E-state index contributed by atoms with van der Waals surface area (Å²) in [7, 11) is -2.04. The molecule has 1 saturated heterocycles. The lowest BCUT2D eigenvalue weighted by atomic mass is 10.00. The molecule has 7 nitrogen and oxygen atoms in total. The van der Waals surface area contributed by atoms with E-state index in [0.717, 1.165) is 24.7 Å². The number of nitriles is 1. The SMILES string of the molecule is COc1cc(S(C)(=O)=O)cc(C(=O)N2CCN(c3ccc(C#N)cc3F)CC2)c1C1CC1. The average molecular weight is 458 g/mol. The van der Waals surface area contributed by atoms with Gasteiger partial charge in [-0.05, 0) is 49.1 Å². The molecule has 1 aliphatic heterocycles. The fraction of sp³-hybridized carbons (Fsp3) is 0.391. The first kappa shape index (κ1) is 22.1. The number of amides is 1. The number of benzene rings is 2. The predicted molar refractivity (Wildman–Crippen MR) is 117 cm³/mol. The number of halogens is 1. The summed E-state index contributed by atoms with van der Waals surface area (Å²) in [5.41, 5.74) is 1.79. The van der Waals surface area contributed by atoms with E-state index in [4.69, 9.17) is 10.00 Å². The van der Waals surface area contributed by atoms with Crippen LogP contribution in [0, 0.1) is 17.1 Å². The van der Waals surface area contributed by atoms with Crippen LogP contribution in [-0.4, -0.2) is 58.8 Å². The van der Waals surface area contributed by atoms with Gasteiger partial charge in [0.1, 0.15) is 11.6 Å². The van der Waals surface area contributed by atoms with Gasteiger partial charge in [0.2, 0.25) is 0 Å². The van der Waals surface area contributed by atoms with E-state index in [1.54, 1.807) is 17.0 Å². The molecule has 32 heavy (non-hydrogen) atoms. The summed E-state index contributed by atoms with van der Waals surface area (Å²) >= 11 is 0. The highest BCUT2D eigenvalue weighted by Crippen LogP contribution is 2.47. The zero-order valence-corrected chi connectivity index (χ0v) is 18.8. The Bertz CT molecular complexity index is 1210. The molecule has 2 aliphatic rings. The Hall–Kier alpha value is -3.12. The third-order valence-electron chi connectivity index (χ3n) is 5.96. The molecule has 2 aromatic carbocycles. The second-order valence-electron chi connectivity index (χ2n) is 8.19. The number of rotatable bonds is 5. The molecule has 0 radical (unpaired) electrons. The monoisotopic (exact) mass is 457 g/mol. The third-order valence-corrected chi connectivity index (χ3v) is 7.06. The highest BCUT2D eigenvalue weighted by atomic mass is 32.2. The number of carbonyl (C=O) groups is 1. The van der Waals surface area contributed by atoms with Crippen molar-refractivity contribution in [2.75, 3.05) is 44.4 Å². The van der Waals surface area contributed by atoms with Crippen molar-refractivity contribution in [1.29, 1.82) is 5.26 Å². The lowest BCUT2D eigenvalue weighted by Gasteiger charge is -2.36. The maximum absolute atomic E-state index is 14.4. The van der Waals surface area contributed by atoms with Gasteiger partial charge < -0.3 is 14.5 Å². The molecule has 2 aromatic rings. The van der Waals surface area contributed by atoms with Gasteiger partial charge in [-0.3, -0.25) is 4.79 Å². The summed E-state index contributed by atoms with van der Waals surface area (Å²) in [6.07, 6.45) is 2.97. The molecule has 168 valence electrons. The summed E-state index contributed by atoms with van der Waals surface area (Å²) in [6, 6.07) is 9.22. The van der Waals surface area contributed by atoms with E-state index in [2.05, 4.69) is 0 Å². The van der Waals surface area contributed by atoms with Crippen molar-refractivity contribution >= 4 is 21.4 Å². The molecule has 9 heteroatoms. The minimum atomic E-state index is -3.52. The number of anilines is 1. The van der Waals surface area contributed by atoms with Gasteiger partial charge in [0.05, 0.1) is 29.3 Å². The maximum Gasteiger partial charge on any atom is 0.254 e. The second kappa shape index (κ2) is 8.43. The van der Waals surface area contributed by atoms with Gasteiger partial charge in [0, 0.05) is 43.6 Å². The van der Waals surface area contributed by atoms with Gasteiger partial charge >= 0.3 is 0 Å². The van der Waals surface area contributed by atoms with Crippen molar-refractivity contribution < 1.29 is 22.3 Å². The number of methoxy groups -OCH3 is 1. The van der Waals surface area contributed by atoms with Gasteiger partial charge in [0.25, 0.3) is 5.91 Å². The summed E-state index contributed by atoms with van der Waals surface area (Å²) in [5, 5.41) is 8.92. The van der Waals surface area contributed by atoms with Crippen LogP contribution in [0.2, 0.25) is 0 Å². The standard InChI is InChI=1S/C23H24FN3O4S/c1-31-21-13-17(32(2,29)30)12-18(22(21)16-4-5-16)23(28)27-9-7-26(8-10-27)20-6-3-15(14-25)11-19(20)24/h3,6,11-13,16H,4-5,7-10H2,1-2H3. The smallest absolute Gasteiger partial charge is 0.254 e. The van der Waals surface area contributed by atoms with Gasteiger partial charge in [-0.25, -0.2) is 12.8 Å². The highest BCUT2D eigenvalue weighted by Gasteiger charge is 2.35. The fourth-order valence-corrected chi connectivity index (χ4v) is 4.76. The Morgan fingerprint density at radius 2 is 1.84 bits per heavy atom. The number of sulfone groups is 1. The van der Waals surface area contributed by atoms with E-state index in [9.17, 15) is 17.6 Å². The fourth-order valence-electron chi connectivity index (χ4n) is 4.11. The minimum Gasteiger partial charge on any atom is -0.496 e. The van der Waals surface area contributed by atoms with E-state index < -0.39 is 15.7 Å². The Morgan fingerprint density at radius 1 is 1.16 bits per heavy atom. The van der Waals surface area contributed by atoms with E-state index in [0.29, 0.717) is 43.2 Å². The Morgan fingerprint density at radius 3 is 2.38 bits per heavy atom. The third kappa shape index (κ3) is 4.28. The number of piperazine rings is 1. The first-order valence-electron chi connectivity index (χ1n) is 10.4. The van der Waals surface area contributed by atoms with E-state index in [1.807, 2.05) is 11.0 Å². The molecule has 1 aliphatic carbocycles. The van der Waals surface area contributed by atoms with Crippen molar-refractivity contribution in [3.8, 4) is 11.8 Å². The number of nitrogens with zero attached hydrogens (tertiary/aromatic N) is 3. The number of hydrogen-bond donors (Lipinski definition) is 0. The van der Waals surface area contributed by atoms with Crippen molar-refractivity contribution in [3.05, 3.63) is 52.8 Å². The summed E-state index contributed by atoms with van der Waals surface area (Å²) < 4.78 is 44.2. The molecule has 1 amide bonds. The Kier molecular flexibility index (Phi) is 5.82. The van der Waals surface area contributed by atoms with Crippen molar-refractivity contribution in [3.63, 3.8) is 0 Å². The molecular formula is C23H24FN3O4S. The second-order valence-corrected chi connectivity index (χ2v) is 10.2. The van der Waals surface area contributed by atoms with Gasteiger partial charge in [0.15, 0.2) is 9.84 Å². The number of ether oxygens (including phenoxy) is 1. The lowest BCUT2D eigenvalue weighted by molar-refractivity contribution is 0.0744. The maximum atomic E-state index is 14.4. The van der Waals surface area contributed by atoms with Crippen LogP contribution >= 0.6 is 0 Å². The van der Waals surface area contributed by atoms with Crippen molar-refractivity contribution in [2.45, 2.75) is 23.7 Å². The molecule has 1 heterocycles. The molecule has 2 fully saturated rings. The van der Waals surface area contributed by atoms with Crippen molar-refractivity contribution in [2.24, 2.45) is 0 Å². The molecule has 4 rings (SSSR count). The molecule has 0 N–H and O–H groups in total. The number of carbonyl (C=O) groups excluding carboxylic acids is 1. The predicted octanol–water partition coefficient (Wildman–Crippen LogP) is 2.95. The van der Waals surface area contributed by atoms with Gasteiger partial charge in [-0.2, -0.15) is 5.26 Å². The Labute approximate surface area is 186 Å². The summed E-state index contributed by atoms with van der Waals surface area (Å²) in [5.74, 6) is -0.0929. The van der Waals surface area contributed by atoms with Crippen LogP contribution in [0.4, 0.5) is 10.1 Å². The largest absolute Gasteiger partial charge is 0.496 e. The molecule has 0 spiro atoms. The lowest BCUT2D eigenvalue weighted by Crippen LogP contribution is -2.49. The first-order chi connectivity index (χ1) is 15.2. The van der Waals surface area contributed by atoms with Crippen LogP contribution in [0.15, 0.2) is 35.2 Å². The summed E-state index contributed by atoms with van der Waals surface area (Å²) in [6.45, 7) is 1.59. The molecule has 1 saturated carbocycles. The molecule has 0 bridgehead atoms. The normalized spacial score (nSPS) is 16.6. The topological polar surface area (TPSA) is 90.7 Å². The van der Waals surface area contributed by atoms with Crippen LogP contribution in [-0.2, 0) is 9.84 Å². The quantitative estimate of drug-likeness (QED) is 0.686. The first-order valence-corrected chi connectivity index (χ1v) is 12.3. The zero-order chi connectivity index (χ0) is 23.0. The van der Waals surface area contributed by atoms with E-state index in [1.165, 1.54) is 25.3 Å². The Balaban J connectivity index is 1.59. The van der Waals surface area contributed by atoms with Crippen molar-refractivity contribution in [1.82, 2.24) is 4.90 Å². The summed E-state index contributed by atoms with van der Waals surface area (Å²) in [4.78, 5) is 17.0. The van der Waals surface area contributed by atoms with Crippen LogP contribution < -0.4 is 9.64 Å². The highest BCUT2D eigenvalue weighted by molar-refractivity contribution is 7.90. The molecule has 0 atom stereocenters. The van der Waals surface area contributed by atoms with Crippen LogP contribution in [0.25, 0.3) is 0 Å². The minimum absolute atomic E-state index is 0.0559. The molecule has 0 unspecified atom stereocenters. The van der Waals surface area contributed by atoms with E-state index in [-0.39, 0.29) is 22.3 Å². The zero-order valence-electron chi connectivity index (χ0n) is 18.0. The van der Waals surface area contributed by atoms with Crippen LogP contribution in [0.1, 0.15) is 40.2 Å².